The number of β-amino-alcohol motifs (C(OH)–C–C–N with tert-alkyl or cyclic N) is 1. The summed E-state index contributed by atoms with van der Waals surface area (Å²) in [5.74, 6) is -1.92. The molecule has 0 saturated carbocycles. The maximum Gasteiger partial charge on any atom is 0.407 e. The van der Waals surface area contributed by atoms with Gasteiger partial charge in [-0.15, -0.1) is 0 Å². The van der Waals surface area contributed by atoms with Gasteiger partial charge in [0.2, 0.25) is 10.0 Å². The summed E-state index contributed by atoms with van der Waals surface area (Å²) in [4.78, 5) is 13.3. The Morgan fingerprint density at radius 3 is 2.58 bits per heavy atom. The molecule has 6 atom stereocenters. The van der Waals surface area contributed by atoms with Gasteiger partial charge in [0.25, 0.3) is 0 Å². The lowest BCUT2D eigenvalue weighted by atomic mass is 9.98. The van der Waals surface area contributed by atoms with Crippen LogP contribution in [0.25, 0.3) is 0 Å². The van der Waals surface area contributed by atoms with E-state index in [0.717, 1.165) is 43.9 Å². The standard InChI is InChI=1S/C33H46F2N4O8S/c1-2-37-27-19-45-32-31(27)29(20-46-32)47-33(41)38-26(14-21-12-23(34)16-24(35)13-21)28(40)17-39-10-6-4-3-5-7-11-44-18-22-15-25(36)8-9-30(22)48(39,42)43/h8-9,12-13,15-16,26-29,31-32,37,40H,2-7,10-11,14,17-20,36H2,1H3,(H,38,41)/t26-,27-,28+,29-,31-,32+/m0/s1. The van der Waals surface area contributed by atoms with Crippen LogP contribution in [0.5, 0.6) is 0 Å². The topological polar surface area (TPSA) is 162 Å². The molecular weight excluding hydrogens is 650 g/mol. The van der Waals surface area contributed by atoms with Crippen molar-refractivity contribution in [2.24, 2.45) is 5.92 Å². The van der Waals surface area contributed by atoms with Crippen LogP contribution in [0.3, 0.4) is 0 Å². The second kappa shape index (κ2) is 16.7. The molecule has 5 N–H and O–H groups in total. The van der Waals surface area contributed by atoms with Crippen molar-refractivity contribution < 1.29 is 46.0 Å². The fourth-order valence-electron chi connectivity index (χ4n) is 6.62. The van der Waals surface area contributed by atoms with Gasteiger partial charge in [-0.1, -0.05) is 26.2 Å². The van der Waals surface area contributed by atoms with E-state index in [-0.39, 0.29) is 48.6 Å². The summed E-state index contributed by atoms with van der Waals surface area (Å²) in [6.07, 6.45) is 0.150. The fraction of sp³-hybridized carbons (Fsp3) is 0.606. The van der Waals surface area contributed by atoms with Gasteiger partial charge in [-0.3, -0.25) is 0 Å². The van der Waals surface area contributed by atoms with Crippen LogP contribution in [0, 0.1) is 17.6 Å². The molecule has 2 fully saturated rings. The van der Waals surface area contributed by atoms with Gasteiger partial charge >= 0.3 is 6.09 Å². The fourth-order valence-corrected chi connectivity index (χ4v) is 8.30. The number of sulfonamides is 1. The molecule has 48 heavy (non-hydrogen) atoms. The van der Waals surface area contributed by atoms with E-state index in [1.165, 1.54) is 16.4 Å². The summed E-state index contributed by atoms with van der Waals surface area (Å²) in [7, 11) is -4.19. The third-order valence-electron chi connectivity index (χ3n) is 8.99. The smallest absolute Gasteiger partial charge is 0.407 e. The Morgan fingerprint density at radius 2 is 1.81 bits per heavy atom. The number of aliphatic hydroxyl groups is 1. The molecular formula is C33H46F2N4O8S. The van der Waals surface area contributed by atoms with E-state index in [4.69, 9.17) is 24.7 Å². The summed E-state index contributed by atoms with van der Waals surface area (Å²) < 4.78 is 80.7. The first-order valence-electron chi connectivity index (χ1n) is 16.6. The van der Waals surface area contributed by atoms with E-state index in [0.29, 0.717) is 37.4 Å². The molecule has 0 radical (unpaired) electrons. The van der Waals surface area contributed by atoms with E-state index in [1.807, 2.05) is 6.92 Å². The third kappa shape index (κ3) is 9.20. The highest BCUT2D eigenvalue weighted by Gasteiger charge is 2.49. The van der Waals surface area contributed by atoms with Crippen molar-refractivity contribution in [3.05, 3.63) is 59.2 Å². The van der Waals surface area contributed by atoms with Crippen LogP contribution in [0.2, 0.25) is 0 Å². The average Bonchev–Trinajstić information content (AvgIpc) is 3.61. The molecule has 3 heterocycles. The largest absolute Gasteiger partial charge is 0.443 e. The number of nitrogens with zero attached hydrogens (tertiary/aromatic N) is 1. The van der Waals surface area contributed by atoms with E-state index < -0.39 is 58.8 Å². The van der Waals surface area contributed by atoms with Gasteiger partial charge in [0, 0.05) is 37.5 Å². The number of hydrogen-bond acceptors (Lipinski definition) is 10. The molecule has 2 saturated heterocycles. The number of ether oxygens (including phenoxy) is 4. The molecule has 0 spiro atoms. The van der Waals surface area contributed by atoms with Gasteiger partial charge in [0.15, 0.2) is 6.29 Å². The Kier molecular flexibility index (Phi) is 12.6. The third-order valence-corrected chi connectivity index (χ3v) is 11.0. The van der Waals surface area contributed by atoms with E-state index in [9.17, 15) is 27.1 Å². The molecule has 0 bridgehead atoms. The zero-order valence-corrected chi connectivity index (χ0v) is 27.9. The van der Waals surface area contributed by atoms with Crippen molar-refractivity contribution in [2.75, 3.05) is 45.2 Å². The maximum absolute atomic E-state index is 14.2. The summed E-state index contributed by atoms with van der Waals surface area (Å²) >= 11 is 0. The first-order valence-corrected chi connectivity index (χ1v) is 18.0. The number of hydrogen-bond donors (Lipinski definition) is 4. The monoisotopic (exact) mass is 696 g/mol. The SMILES string of the molecule is CCN[C@H]1CO[C@@H]2OC[C@H](OC(=O)N[C@@H](Cc3cc(F)cc(F)c3)[C@H](O)CN3CCCCCCCOCc4cc(N)ccc4S3(=O)=O)[C@@H]21. The van der Waals surface area contributed by atoms with Crippen LogP contribution in [-0.4, -0.2) is 94.0 Å². The number of benzene rings is 2. The van der Waals surface area contributed by atoms with Crippen LogP contribution >= 0.6 is 0 Å². The highest BCUT2D eigenvalue weighted by molar-refractivity contribution is 7.89. The predicted molar refractivity (Wildman–Crippen MR) is 172 cm³/mol. The first-order chi connectivity index (χ1) is 23.0. The Balaban J connectivity index is 1.38. The van der Waals surface area contributed by atoms with Crippen LogP contribution in [0.4, 0.5) is 19.3 Å². The van der Waals surface area contributed by atoms with Gasteiger partial charge in [-0.05, 0) is 67.3 Å². The van der Waals surface area contributed by atoms with Gasteiger partial charge in [0.1, 0.15) is 17.7 Å². The van der Waals surface area contributed by atoms with Gasteiger partial charge in [0.05, 0.1) is 42.8 Å². The average molecular weight is 697 g/mol. The number of halogens is 2. The van der Waals surface area contributed by atoms with Crippen molar-refractivity contribution in [2.45, 2.75) is 87.5 Å². The minimum atomic E-state index is -4.19. The zero-order valence-electron chi connectivity index (χ0n) is 27.1. The van der Waals surface area contributed by atoms with E-state index in [1.54, 1.807) is 6.07 Å². The number of amides is 1. The zero-order chi connectivity index (χ0) is 34.3. The number of anilines is 1. The minimum Gasteiger partial charge on any atom is -0.443 e. The van der Waals surface area contributed by atoms with Crippen LogP contribution < -0.4 is 16.4 Å². The number of nitrogens with two attached hydrogens (primary N) is 1. The number of aliphatic hydroxyl groups excluding tert-OH is 1. The number of alkyl carbamates (subject to hydrolysis) is 1. The Morgan fingerprint density at radius 1 is 1.08 bits per heavy atom. The number of nitrogen functional groups attached to an aromatic ring is 1. The molecule has 1 amide bonds. The van der Waals surface area contributed by atoms with Crippen LogP contribution in [-0.2, 0) is 42.0 Å². The molecule has 2 aromatic carbocycles. The second-order valence-electron chi connectivity index (χ2n) is 12.6. The number of rotatable bonds is 9. The molecule has 0 aliphatic carbocycles. The lowest BCUT2D eigenvalue weighted by Crippen LogP contribution is -2.52. The highest BCUT2D eigenvalue weighted by atomic mass is 32.2. The van der Waals surface area contributed by atoms with Gasteiger partial charge in [-0.25, -0.2) is 22.0 Å². The normalized spacial score (nSPS) is 26.2. The van der Waals surface area contributed by atoms with Gasteiger partial charge < -0.3 is 40.4 Å². The number of fused-ring (bicyclic) bond motifs is 2. The second-order valence-corrected chi connectivity index (χ2v) is 14.5. The molecule has 0 aromatic heterocycles. The van der Waals surface area contributed by atoms with Crippen LogP contribution in [0.15, 0.2) is 41.3 Å². The summed E-state index contributed by atoms with van der Waals surface area (Å²) in [5.41, 5.74) is 6.92. The maximum atomic E-state index is 14.2. The number of carbonyl (C=O) groups is 1. The summed E-state index contributed by atoms with van der Waals surface area (Å²) in [6, 6.07) is 6.12. The van der Waals surface area contributed by atoms with Crippen molar-refractivity contribution in [1.82, 2.24) is 14.9 Å². The van der Waals surface area contributed by atoms with Gasteiger partial charge in [-0.2, -0.15) is 4.31 Å². The van der Waals surface area contributed by atoms with Crippen molar-refractivity contribution in [3.63, 3.8) is 0 Å². The molecule has 5 rings (SSSR count). The van der Waals surface area contributed by atoms with Crippen molar-refractivity contribution in [3.8, 4) is 0 Å². The number of likely N-dealkylation sites (N-methyl/N-ethyl adjacent to an activating group) is 1. The lowest BCUT2D eigenvalue weighted by Gasteiger charge is -2.31. The number of carbonyl (C=O) groups excluding carboxylic acids is 1. The number of nitrogens with one attached hydrogen (secondary N) is 2. The molecule has 0 unspecified atom stereocenters. The van der Waals surface area contributed by atoms with Crippen molar-refractivity contribution >= 4 is 21.8 Å². The van der Waals surface area contributed by atoms with Crippen LogP contribution in [0.1, 0.15) is 50.2 Å². The molecule has 3 aliphatic heterocycles. The Bertz CT molecular complexity index is 1480. The van der Waals surface area contributed by atoms with E-state index in [2.05, 4.69) is 10.6 Å². The molecule has 15 heteroatoms. The predicted octanol–water partition coefficient (Wildman–Crippen LogP) is 3.07. The summed E-state index contributed by atoms with van der Waals surface area (Å²) in [5, 5.41) is 17.6. The summed E-state index contributed by atoms with van der Waals surface area (Å²) in [6.45, 7) is 3.35. The molecule has 266 valence electrons. The lowest BCUT2D eigenvalue weighted by molar-refractivity contribution is -0.0908. The first kappa shape index (κ1) is 36.4. The molecule has 2 aromatic rings. The highest BCUT2D eigenvalue weighted by Crippen LogP contribution is 2.33. The van der Waals surface area contributed by atoms with E-state index >= 15 is 0 Å². The molecule has 12 nitrogen and oxygen atoms in total. The quantitative estimate of drug-likeness (QED) is 0.287. The minimum absolute atomic E-state index is 0.00378. The molecule has 3 aliphatic rings. The Hall–Kier alpha value is -2.92. The van der Waals surface area contributed by atoms with Crippen molar-refractivity contribution in [1.29, 1.82) is 0 Å². The Labute approximate surface area is 280 Å².